The van der Waals surface area contributed by atoms with Gasteiger partial charge in [-0.25, -0.2) is 9.97 Å². The Labute approximate surface area is 297 Å². The normalized spacial score (nSPS) is 11.2. The lowest BCUT2D eigenvalue weighted by Crippen LogP contribution is -2.09. The Kier molecular flexibility index (Phi) is 7.67. The molecule has 0 aliphatic rings. The highest BCUT2D eigenvalue weighted by atomic mass is 15.1. The minimum absolute atomic E-state index is 0.869. The summed E-state index contributed by atoms with van der Waals surface area (Å²) in [5.74, 6) is 0. The Morgan fingerprint density at radius 2 is 0.863 bits per heavy atom. The van der Waals surface area contributed by atoms with Gasteiger partial charge in [-0.2, -0.15) is 0 Å². The van der Waals surface area contributed by atoms with E-state index >= 15 is 0 Å². The van der Waals surface area contributed by atoms with Crippen LogP contribution in [0.3, 0.4) is 0 Å². The zero-order chi connectivity index (χ0) is 34.1. The molecule has 0 saturated carbocycles. The molecule has 0 aliphatic carbocycles. The average molecular weight is 655 g/mol. The molecule has 0 saturated heterocycles. The Bertz CT molecular complexity index is 2610. The number of nitrogens with zero attached hydrogens (tertiary/aromatic N) is 4. The molecule has 7 aromatic carbocycles. The van der Waals surface area contributed by atoms with Crippen LogP contribution < -0.4 is 4.90 Å². The third-order valence-corrected chi connectivity index (χ3v) is 9.51. The average Bonchev–Trinajstić information content (AvgIpc) is 3.54. The van der Waals surface area contributed by atoms with Gasteiger partial charge in [0.05, 0.1) is 27.9 Å². The van der Waals surface area contributed by atoms with Crippen LogP contribution in [-0.2, 0) is 0 Å². The smallest absolute Gasteiger partial charge is 0.0973 e. The zero-order valence-corrected chi connectivity index (χ0v) is 28.2. The van der Waals surface area contributed by atoms with E-state index in [9.17, 15) is 0 Å². The summed E-state index contributed by atoms with van der Waals surface area (Å²) in [7, 11) is 0. The minimum Gasteiger partial charge on any atom is -0.314 e. The highest BCUT2D eigenvalue weighted by Crippen LogP contribution is 2.38. The molecule has 9 aromatic rings. The van der Waals surface area contributed by atoms with Crippen LogP contribution in [0.5, 0.6) is 0 Å². The van der Waals surface area contributed by atoms with Crippen LogP contribution in [0, 0.1) is 6.92 Å². The number of anilines is 3. The standard InChI is InChI=1S/C47H34N4/c1-33-32-38-14-8-11-19-45(38)50(33)40-26-20-34(21-27-40)35-22-28-41(29-23-35)51(39-15-6-3-7-16-39)42-30-24-37(25-31-42)47-46(36-12-4-2-5-13-36)48-43-17-9-10-18-44(43)49-47/h2-32H,1H3. The van der Waals surface area contributed by atoms with Gasteiger partial charge in [0, 0.05) is 45.0 Å². The van der Waals surface area contributed by atoms with E-state index in [2.05, 4.69) is 162 Å². The summed E-state index contributed by atoms with van der Waals surface area (Å²) in [5, 5.41) is 1.26. The predicted octanol–water partition coefficient (Wildman–Crippen LogP) is 12.4. The summed E-state index contributed by atoms with van der Waals surface area (Å²) in [6, 6.07) is 66.0. The third-order valence-electron chi connectivity index (χ3n) is 9.51. The summed E-state index contributed by atoms with van der Waals surface area (Å²) in [4.78, 5) is 12.5. The van der Waals surface area contributed by atoms with Crippen molar-refractivity contribution in [2.24, 2.45) is 0 Å². The molecule has 2 heterocycles. The van der Waals surface area contributed by atoms with Gasteiger partial charge in [-0.15, -0.1) is 0 Å². The second-order valence-electron chi connectivity index (χ2n) is 12.8. The second-order valence-corrected chi connectivity index (χ2v) is 12.8. The third kappa shape index (κ3) is 5.73. The van der Waals surface area contributed by atoms with Crippen molar-refractivity contribution in [1.29, 1.82) is 0 Å². The van der Waals surface area contributed by atoms with E-state index in [1.54, 1.807) is 0 Å². The van der Waals surface area contributed by atoms with E-state index in [-0.39, 0.29) is 0 Å². The quantitative estimate of drug-likeness (QED) is 0.171. The lowest BCUT2D eigenvalue weighted by Gasteiger charge is -2.26. The molecule has 242 valence electrons. The Morgan fingerprint density at radius 3 is 1.47 bits per heavy atom. The monoisotopic (exact) mass is 654 g/mol. The largest absolute Gasteiger partial charge is 0.314 e. The van der Waals surface area contributed by atoms with Crippen molar-refractivity contribution in [1.82, 2.24) is 14.5 Å². The number of hydrogen-bond donors (Lipinski definition) is 0. The molecule has 0 fully saturated rings. The van der Waals surface area contributed by atoms with E-state index in [1.165, 1.54) is 33.4 Å². The van der Waals surface area contributed by atoms with Crippen molar-refractivity contribution in [2.45, 2.75) is 6.92 Å². The predicted molar refractivity (Wildman–Crippen MR) is 212 cm³/mol. The van der Waals surface area contributed by atoms with Crippen LogP contribution in [0.2, 0.25) is 0 Å². The molecule has 0 bridgehead atoms. The van der Waals surface area contributed by atoms with Crippen LogP contribution in [0.15, 0.2) is 188 Å². The lowest BCUT2D eigenvalue weighted by molar-refractivity contribution is 1.05. The van der Waals surface area contributed by atoms with Crippen LogP contribution >= 0.6 is 0 Å². The van der Waals surface area contributed by atoms with E-state index in [0.29, 0.717) is 0 Å². The van der Waals surface area contributed by atoms with E-state index in [1.807, 2.05) is 42.5 Å². The minimum atomic E-state index is 0.869. The maximum absolute atomic E-state index is 5.11. The topological polar surface area (TPSA) is 34.0 Å². The first kappa shape index (κ1) is 30.3. The Morgan fingerprint density at radius 1 is 0.412 bits per heavy atom. The number of aromatic nitrogens is 3. The fourth-order valence-corrected chi connectivity index (χ4v) is 7.03. The first-order chi connectivity index (χ1) is 25.2. The van der Waals surface area contributed by atoms with Crippen LogP contribution in [0.4, 0.5) is 17.1 Å². The molecule has 2 aromatic heterocycles. The molecular weight excluding hydrogens is 621 g/mol. The number of hydrogen-bond acceptors (Lipinski definition) is 3. The molecule has 0 N–H and O–H groups in total. The Balaban J connectivity index is 1.05. The van der Waals surface area contributed by atoms with Gasteiger partial charge in [-0.05, 0) is 90.8 Å². The van der Waals surface area contributed by atoms with Crippen molar-refractivity contribution in [2.75, 3.05) is 4.90 Å². The van der Waals surface area contributed by atoms with Gasteiger partial charge in [0.25, 0.3) is 0 Å². The molecular formula is C47H34N4. The summed E-state index contributed by atoms with van der Waals surface area (Å²) in [6.07, 6.45) is 0. The molecule has 0 atom stereocenters. The van der Waals surface area contributed by atoms with E-state index in [0.717, 1.165) is 50.6 Å². The number of para-hydroxylation sites is 4. The number of fused-ring (bicyclic) bond motifs is 2. The van der Waals surface area contributed by atoms with Gasteiger partial charge in [-0.3, -0.25) is 0 Å². The van der Waals surface area contributed by atoms with Crippen LogP contribution in [0.25, 0.3) is 61.3 Å². The molecule has 51 heavy (non-hydrogen) atoms. The van der Waals surface area contributed by atoms with Gasteiger partial charge in [-0.1, -0.05) is 115 Å². The molecule has 0 unspecified atom stereocenters. The highest BCUT2D eigenvalue weighted by Gasteiger charge is 2.16. The first-order valence-electron chi connectivity index (χ1n) is 17.3. The van der Waals surface area contributed by atoms with E-state index in [4.69, 9.17) is 9.97 Å². The highest BCUT2D eigenvalue weighted by molar-refractivity contribution is 5.88. The summed E-state index contributed by atoms with van der Waals surface area (Å²) < 4.78 is 2.32. The number of rotatable bonds is 7. The maximum Gasteiger partial charge on any atom is 0.0973 e. The van der Waals surface area contributed by atoms with Crippen molar-refractivity contribution < 1.29 is 0 Å². The molecule has 4 nitrogen and oxygen atoms in total. The van der Waals surface area contributed by atoms with E-state index < -0.39 is 0 Å². The molecule has 9 rings (SSSR count). The molecule has 0 radical (unpaired) electrons. The second kappa shape index (κ2) is 12.9. The molecule has 0 aliphatic heterocycles. The van der Waals surface area contributed by atoms with Gasteiger partial charge in [0.15, 0.2) is 0 Å². The molecule has 0 amide bonds. The van der Waals surface area contributed by atoms with Crippen LogP contribution in [-0.4, -0.2) is 14.5 Å². The summed E-state index contributed by atoms with van der Waals surface area (Å²) >= 11 is 0. The van der Waals surface area contributed by atoms with Gasteiger partial charge < -0.3 is 9.47 Å². The zero-order valence-electron chi connectivity index (χ0n) is 28.2. The van der Waals surface area contributed by atoms with Crippen molar-refractivity contribution in [3.05, 3.63) is 194 Å². The maximum atomic E-state index is 5.11. The summed E-state index contributed by atoms with van der Waals surface area (Å²) in [5.41, 5.74) is 14.8. The fourth-order valence-electron chi connectivity index (χ4n) is 7.03. The SMILES string of the molecule is Cc1cc2ccccc2n1-c1ccc(-c2ccc(N(c3ccccc3)c3ccc(-c4nc5ccccc5nc4-c4ccccc4)cc3)cc2)cc1. The van der Waals surface area contributed by atoms with Crippen LogP contribution in [0.1, 0.15) is 5.69 Å². The van der Waals surface area contributed by atoms with Gasteiger partial charge >= 0.3 is 0 Å². The van der Waals surface area contributed by atoms with Gasteiger partial charge in [0.1, 0.15) is 0 Å². The molecule has 4 heteroatoms. The first-order valence-corrected chi connectivity index (χ1v) is 17.3. The lowest BCUT2D eigenvalue weighted by atomic mass is 10.0. The van der Waals surface area contributed by atoms with Crippen molar-refractivity contribution in [3.8, 4) is 39.3 Å². The number of benzene rings is 7. The van der Waals surface area contributed by atoms with Crippen molar-refractivity contribution >= 4 is 39.0 Å². The summed E-state index contributed by atoms with van der Waals surface area (Å²) in [6.45, 7) is 2.16. The number of aryl methyl sites for hydroxylation is 1. The Hall–Kier alpha value is -6.78. The fraction of sp³-hybridized carbons (Fsp3) is 0.0213. The van der Waals surface area contributed by atoms with Gasteiger partial charge in [0.2, 0.25) is 0 Å². The molecule has 0 spiro atoms. The van der Waals surface area contributed by atoms with Crippen molar-refractivity contribution in [3.63, 3.8) is 0 Å².